The van der Waals surface area contributed by atoms with Crippen LogP contribution in [0.1, 0.15) is 34.6 Å². The van der Waals surface area contributed by atoms with Crippen molar-refractivity contribution in [2.24, 2.45) is 0 Å². The maximum atomic E-state index is 12.4. The van der Waals surface area contributed by atoms with Crippen LogP contribution in [0.5, 0.6) is 5.75 Å². The second-order valence-electron chi connectivity index (χ2n) is 7.08. The van der Waals surface area contributed by atoms with Gasteiger partial charge in [0.2, 0.25) is 0 Å². The van der Waals surface area contributed by atoms with E-state index in [1.807, 2.05) is 43.3 Å². The molecule has 0 amide bonds. The Kier molecular flexibility index (Phi) is 6.67. The van der Waals surface area contributed by atoms with Crippen LogP contribution in [0.15, 0.2) is 77.5 Å². The lowest BCUT2D eigenvalue weighted by Crippen LogP contribution is -2.14. The predicted molar refractivity (Wildman–Crippen MR) is 121 cm³/mol. The number of carbonyl (C=O) groups excluding carboxylic acids is 1. The molecule has 164 valence electrons. The second-order valence-corrected chi connectivity index (χ2v) is 7.08. The molecule has 0 aliphatic heterocycles. The highest BCUT2D eigenvalue weighted by molar-refractivity contribution is 5.90. The molecule has 4 aromatic rings. The molecular weight excluding hydrogens is 408 g/mol. The average Bonchev–Trinajstić information content (AvgIpc) is 3.36. The maximum absolute atomic E-state index is 12.4. The summed E-state index contributed by atoms with van der Waals surface area (Å²) in [7, 11) is 0. The minimum Gasteiger partial charge on any atom is -0.505 e. The lowest BCUT2D eigenvalue weighted by atomic mass is 10.00. The van der Waals surface area contributed by atoms with Crippen molar-refractivity contribution in [3.05, 3.63) is 90.0 Å². The molecule has 1 unspecified atom stereocenters. The van der Waals surface area contributed by atoms with Gasteiger partial charge in [-0.1, -0.05) is 24.3 Å². The molecule has 7 heteroatoms. The molecule has 1 atom stereocenters. The zero-order valence-corrected chi connectivity index (χ0v) is 17.7. The van der Waals surface area contributed by atoms with Gasteiger partial charge in [-0.15, -0.1) is 0 Å². The molecular formula is C25H24N2O5. The quantitative estimate of drug-likeness (QED) is 0.286. The van der Waals surface area contributed by atoms with E-state index in [9.17, 15) is 9.90 Å². The molecule has 0 saturated heterocycles. The van der Waals surface area contributed by atoms with Crippen LogP contribution in [0.25, 0.3) is 10.9 Å². The first-order chi connectivity index (χ1) is 15.7. The zero-order valence-electron chi connectivity index (χ0n) is 17.7. The maximum Gasteiger partial charge on any atom is 0.338 e. The van der Waals surface area contributed by atoms with Crippen molar-refractivity contribution in [2.75, 3.05) is 25.1 Å². The van der Waals surface area contributed by atoms with Gasteiger partial charge < -0.3 is 24.3 Å². The number of nitrogens with zero attached hydrogens (tertiary/aromatic N) is 1. The Morgan fingerprint density at radius 3 is 2.84 bits per heavy atom. The Labute approximate surface area is 185 Å². The van der Waals surface area contributed by atoms with E-state index in [1.54, 1.807) is 36.7 Å². The number of phenolic OH excluding ortho intramolecular Hbond substituents is 1. The molecule has 0 spiro atoms. The standard InChI is InChI=1S/C25H24N2O5/c1-2-30-14-15-32-25(29)18-6-3-8-19(16-18)27-23(21-9-5-13-31-21)20-11-10-17-7-4-12-26-22(17)24(20)28/h3-13,16,23,27-28H,2,14-15H2,1H3. The smallest absolute Gasteiger partial charge is 0.338 e. The molecule has 0 saturated carbocycles. The number of carbonyl (C=O) groups is 1. The summed E-state index contributed by atoms with van der Waals surface area (Å²) in [5, 5.41) is 15.1. The van der Waals surface area contributed by atoms with Crippen LogP contribution in [0, 0.1) is 0 Å². The molecule has 0 fully saturated rings. The van der Waals surface area contributed by atoms with Crippen molar-refractivity contribution in [2.45, 2.75) is 13.0 Å². The first-order valence-corrected chi connectivity index (χ1v) is 10.4. The van der Waals surface area contributed by atoms with Gasteiger partial charge in [0.25, 0.3) is 0 Å². The van der Waals surface area contributed by atoms with Crippen LogP contribution in [0.4, 0.5) is 5.69 Å². The third-order valence-corrected chi connectivity index (χ3v) is 4.99. The fourth-order valence-electron chi connectivity index (χ4n) is 3.46. The molecule has 2 aromatic heterocycles. The number of hydrogen-bond donors (Lipinski definition) is 2. The van der Waals surface area contributed by atoms with E-state index in [0.29, 0.717) is 41.3 Å². The van der Waals surface area contributed by atoms with Crippen molar-refractivity contribution in [3.63, 3.8) is 0 Å². The SMILES string of the molecule is CCOCCOC(=O)c1cccc(NC(c2ccco2)c2ccc3cccnc3c2O)c1. The lowest BCUT2D eigenvalue weighted by molar-refractivity contribution is 0.0335. The number of furan rings is 1. The number of aromatic hydroxyl groups is 1. The predicted octanol–water partition coefficient (Wildman–Crippen LogP) is 4.93. The summed E-state index contributed by atoms with van der Waals surface area (Å²) in [5.74, 6) is 0.254. The fraction of sp³-hybridized carbons (Fsp3) is 0.200. The molecule has 2 N–H and O–H groups in total. The number of nitrogens with one attached hydrogen (secondary N) is 1. The van der Waals surface area contributed by atoms with Crippen molar-refractivity contribution >= 4 is 22.6 Å². The number of esters is 1. The van der Waals surface area contributed by atoms with Crippen LogP contribution in [0.3, 0.4) is 0 Å². The number of anilines is 1. The van der Waals surface area contributed by atoms with Gasteiger partial charge in [0, 0.05) is 29.4 Å². The van der Waals surface area contributed by atoms with Crippen molar-refractivity contribution in [1.29, 1.82) is 0 Å². The largest absolute Gasteiger partial charge is 0.505 e. The van der Waals surface area contributed by atoms with Gasteiger partial charge in [0.15, 0.2) is 0 Å². The average molecular weight is 432 g/mol. The van der Waals surface area contributed by atoms with E-state index in [-0.39, 0.29) is 12.4 Å². The number of pyridine rings is 1. The number of rotatable bonds is 9. The van der Waals surface area contributed by atoms with Crippen LogP contribution in [0.2, 0.25) is 0 Å². The van der Waals surface area contributed by atoms with Gasteiger partial charge in [-0.25, -0.2) is 4.79 Å². The summed E-state index contributed by atoms with van der Waals surface area (Å²) in [6.07, 6.45) is 3.22. The number of fused-ring (bicyclic) bond motifs is 1. The number of phenols is 1. The van der Waals surface area contributed by atoms with Crippen LogP contribution in [-0.4, -0.2) is 35.9 Å². The highest BCUT2D eigenvalue weighted by Gasteiger charge is 2.22. The van der Waals surface area contributed by atoms with Gasteiger partial charge in [-0.3, -0.25) is 4.98 Å². The second kappa shape index (κ2) is 9.98. The summed E-state index contributed by atoms with van der Waals surface area (Å²) >= 11 is 0. The zero-order chi connectivity index (χ0) is 22.3. The first kappa shape index (κ1) is 21.4. The van der Waals surface area contributed by atoms with Crippen LogP contribution >= 0.6 is 0 Å². The van der Waals surface area contributed by atoms with E-state index < -0.39 is 12.0 Å². The molecule has 0 aliphatic carbocycles. The van der Waals surface area contributed by atoms with E-state index >= 15 is 0 Å². The molecule has 0 aliphatic rings. The Morgan fingerprint density at radius 1 is 1.12 bits per heavy atom. The molecule has 32 heavy (non-hydrogen) atoms. The summed E-state index contributed by atoms with van der Waals surface area (Å²) in [5.41, 5.74) is 2.20. The minimum absolute atomic E-state index is 0.0727. The highest BCUT2D eigenvalue weighted by atomic mass is 16.6. The van der Waals surface area contributed by atoms with Crippen LogP contribution < -0.4 is 5.32 Å². The molecule has 4 rings (SSSR count). The van der Waals surface area contributed by atoms with E-state index in [2.05, 4.69) is 10.3 Å². The third-order valence-electron chi connectivity index (χ3n) is 4.99. The Balaban J connectivity index is 1.62. The topological polar surface area (TPSA) is 93.8 Å². The van der Waals surface area contributed by atoms with Gasteiger partial charge in [0.05, 0.1) is 18.4 Å². The first-order valence-electron chi connectivity index (χ1n) is 10.4. The monoisotopic (exact) mass is 432 g/mol. The van der Waals surface area contributed by atoms with Crippen molar-refractivity contribution in [3.8, 4) is 5.75 Å². The fourth-order valence-corrected chi connectivity index (χ4v) is 3.46. The normalized spacial score (nSPS) is 11.9. The molecule has 0 bridgehead atoms. The van der Waals surface area contributed by atoms with E-state index in [4.69, 9.17) is 13.9 Å². The lowest BCUT2D eigenvalue weighted by Gasteiger charge is -2.20. The Hall–Kier alpha value is -3.84. The summed E-state index contributed by atoms with van der Waals surface area (Å²) in [6, 6.07) is 17.6. The molecule has 2 heterocycles. The summed E-state index contributed by atoms with van der Waals surface area (Å²) in [6.45, 7) is 3.01. The van der Waals surface area contributed by atoms with Gasteiger partial charge in [-0.05, 0) is 43.3 Å². The van der Waals surface area contributed by atoms with Gasteiger partial charge in [-0.2, -0.15) is 0 Å². The Bertz CT molecular complexity index is 1190. The Morgan fingerprint density at radius 2 is 2.03 bits per heavy atom. The van der Waals surface area contributed by atoms with Crippen molar-refractivity contribution in [1.82, 2.24) is 4.98 Å². The van der Waals surface area contributed by atoms with E-state index in [0.717, 1.165) is 5.39 Å². The number of benzene rings is 2. The molecule has 0 radical (unpaired) electrons. The van der Waals surface area contributed by atoms with Crippen molar-refractivity contribution < 1.29 is 23.8 Å². The summed E-state index contributed by atoms with van der Waals surface area (Å²) < 4.78 is 16.1. The third kappa shape index (κ3) is 4.73. The van der Waals surface area contributed by atoms with Gasteiger partial charge >= 0.3 is 5.97 Å². The summed E-state index contributed by atoms with van der Waals surface area (Å²) in [4.78, 5) is 16.7. The van der Waals surface area contributed by atoms with Crippen LogP contribution in [-0.2, 0) is 9.47 Å². The highest BCUT2D eigenvalue weighted by Crippen LogP contribution is 2.36. The number of hydrogen-bond acceptors (Lipinski definition) is 7. The number of aromatic nitrogens is 1. The molecule has 7 nitrogen and oxygen atoms in total. The molecule has 2 aromatic carbocycles. The minimum atomic E-state index is -0.499. The number of ether oxygens (including phenoxy) is 2. The van der Waals surface area contributed by atoms with Gasteiger partial charge in [0.1, 0.15) is 29.7 Å². The van der Waals surface area contributed by atoms with E-state index in [1.165, 1.54) is 0 Å².